The number of ketones is 1. The van der Waals surface area contributed by atoms with Crippen molar-refractivity contribution in [3.8, 4) is 0 Å². The summed E-state index contributed by atoms with van der Waals surface area (Å²) in [6, 6.07) is 6.95. The van der Waals surface area contributed by atoms with Gasteiger partial charge in [-0.2, -0.15) is 0 Å². The van der Waals surface area contributed by atoms with Gasteiger partial charge in [0.15, 0.2) is 12.0 Å². The summed E-state index contributed by atoms with van der Waals surface area (Å²) in [5.41, 5.74) is 4.78. The van der Waals surface area contributed by atoms with Crippen molar-refractivity contribution in [2.24, 2.45) is 10.7 Å². The Kier molecular flexibility index (Phi) is 4.91. The van der Waals surface area contributed by atoms with Crippen molar-refractivity contribution in [2.45, 2.75) is 25.1 Å². The van der Waals surface area contributed by atoms with E-state index in [-0.39, 0.29) is 36.1 Å². The molecule has 1 aromatic carbocycles. The summed E-state index contributed by atoms with van der Waals surface area (Å²) in [6.07, 6.45) is -0.225. The minimum Gasteiger partial charge on any atom is -0.462 e. The SMILES string of the molecule is C[C@]1(c2cc(CC(=O)c3ccc(Cl)cn3)ccc2F)N=C(N)OC[C@H]1F. The van der Waals surface area contributed by atoms with Crippen molar-refractivity contribution in [2.75, 3.05) is 6.61 Å². The predicted octanol–water partition coefficient (Wildman–Crippen LogP) is 3.20. The molecule has 0 fully saturated rings. The number of carbonyl (C=O) groups excluding carboxylic acids is 1. The number of hydrogen-bond donors (Lipinski definition) is 1. The number of hydrogen-bond acceptors (Lipinski definition) is 5. The number of ether oxygens (including phenoxy) is 1. The molecule has 1 aliphatic heterocycles. The van der Waals surface area contributed by atoms with Crippen molar-refractivity contribution >= 4 is 23.4 Å². The van der Waals surface area contributed by atoms with E-state index in [9.17, 15) is 13.6 Å². The third kappa shape index (κ3) is 3.53. The van der Waals surface area contributed by atoms with Crippen LogP contribution in [-0.2, 0) is 16.7 Å². The van der Waals surface area contributed by atoms with E-state index < -0.39 is 17.5 Å². The lowest BCUT2D eigenvalue weighted by molar-refractivity contribution is 0.0921. The quantitative estimate of drug-likeness (QED) is 0.827. The molecule has 0 bridgehead atoms. The molecule has 2 atom stereocenters. The molecule has 1 aliphatic rings. The second-order valence-electron chi connectivity index (χ2n) is 6.15. The molecule has 0 aliphatic carbocycles. The summed E-state index contributed by atoms with van der Waals surface area (Å²) in [6.45, 7) is 1.13. The van der Waals surface area contributed by atoms with Gasteiger partial charge in [0.05, 0.1) is 5.02 Å². The number of halogens is 3. The maximum atomic E-state index is 14.4. The first-order valence-electron chi connectivity index (χ1n) is 7.85. The third-order valence-electron chi connectivity index (χ3n) is 4.28. The van der Waals surface area contributed by atoms with Gasteiger partial charge >= 0.3 is 0 Å². The molecule has 3 rings (SSSR count). The van der Waals surface area contributed by atoms with E-state index in [4.69, 9.17) is 22.1 Å². The number of carbonyl (C=O) groups is 1. The van der Waals surface area contributed by atoms with Gasteiger partial charge in [-0.05, 0) is 36.8 Å². The van der Waals surface area contributed by atoms with Crippen molar-refractivity contribution in [3.63, 3.8) is 0 Å². The Labute approximate surface area is 153 Å². The lowest BCUT2D eigenvalue weighted by atomic mass is 9.85. The Morgan fingerprint density at radius 2 is 2.19 bits per heavy atom. The Morgan fingerprint density at radius 3 is 2.88 bits per heavy atom. The van der Waals surface area contributed by atoms with E-state index in [1.54, 1.807) is 6.07 Å². The van der Waals surface area contributed by atoms with Gasteiger partial charge in [0.25, 0.3) is 6.02 Å². The fraction of sp³-hybridized carbons (Fsp3) is 0.278. The highest BCUT2D eigenvalue weighted by Crippen LogP contribution is 2.36. The summed E-state index contributed by atoms with van der Waals surface area (Å²) in [4.78, 5) is 20.3. The summed E-state index contributed by atoms with van der Waals surface area (Å²) < 4.78 is 33.7. The van der Waals surface area contributed by atoms with Crippen LogP contribution in [0.4, 0.5) is 8.78 Å². The zero-order valence-electron chi connectivity index (χ0n) is 13.9. The van der Waals surface area contributed by atoms with Gasteiger partial charge in [0.1, 0.15) is 23.7 Å². The average molecular weight is 380 g/mol. The molecule has 0 radical (unpaired) electrons. The molecule has 8 heteroatoms. The molecule has 0 amide bonds. The minimum atomic E-state index is -1.58. The van der Waals surface area contributed by atoms with Crippen LogP contribution in [-0.4, -0.2) is 29.6 Å². The lowest BCUT2D eigenvalue weighted by Crippen LogP contribution is -2.43. The van der Waals surface area contributed by atoms with Gasteiger partial charge in [-0.15, -0.1) is 0 Å². The molecule has 0 saturated carbocycles. The van der Waals surface area contributed by atoms with Crippen molar-refractivity contribution in [1.82, 2.24) is 4.98 Å². The number of Topliss-reactive ketones (excluding diaryl/α,β-unsaturated/α-hetero) is 1. The summed E-state index contributed by atoms with van der Waals surface area (Å²) >= 11 is 5.76. The van der Waals surface area contributed by atoms with E-state index in [1.807, 2.05) is 0 Å². The van der Waals surface area contributed by atoms with Gasteiger partial charge in [0.2, 0.25) is 0 Å². The van der Waals surface area contributed by atoms with Crippen LogP contribution in [0.15, 0.2) is 41.5 Å². The number of alkyl halides is 1. The number of pyridine rings is 1. The van der Waals surface area contributed by atoms with Crippen molar-refractivity contribution in [1.29, 1.82) is 0 Å². The van der Waals surface area contributed by atoms with Gasteiger partial charge < -0.3 is 10.5 Å². The van der Waals surface area contributed by atoms with Crippen molar-refractivity contribution in [3.05, 3.63) is 64.2 Å². The average Bonchev–Trinajstić information content (AvgIpc) is 2.60. The van der Waals surface area contributed by atoms with E-state index in [2.05, 4.69) is 9.98 Å². The molecular weight excluding hydrogens is 364 g/mol. The van der Waals surface area contributed by atoms with E-state index in [0.29, 0.717) is 10.6 Å². The Hall–Kier alpha value is -2.54. The van der Waals surface area contributed by atoms with Crippen molar-refractivity contribution < 1.29 is 18.3 Å². The molecule has 5 nitrogen and oxygen atoms in total. The number of aromatic nitrogens is 1. The number of nitrogens with zero attached hydrogens (tertiary/aromatic N) is 2. The number of benzene rings is 1. The number of rotatable bonds is 4. The third-order valence-corrected chi connectivity index (χ3v) is 4.51. The maximum absolute atomic E-state index is 14.4. The molecule has 0 saturated heterocycles. The molecule has 2 heterocycles. The smallest absolute Gasteiger partial charge is 0.283 e. The fourth-order valence-corrected chi connectivity index (χ4v) is 2.88. The number of nitrogens with two attached hydrogens (primary N) is 1. The molecule has 1 aromatic heterocycles. The molecule has 0 unspecified atom stereocenters. The highest BCUT2D eigenvalue weighted by Gasteiger charge is 2.42. The monoisotopic (exact) mass is 379 g/mol. The van der Waals surface area contributed by atoms with Gasteiger partial charge in [0, 0.05) is 18.2 Å². The second-order valence-corrected chi connectivity index (χ2v) is 6.59. The van der Waals surface area contributed by atoms with Crippen LogP contribution in [0, 0.1) is 5.82 Å². The molecule has 136 valence electrons. The maximum Gasteiger partial charge on any atom is 0.283 e. The van der Waals surface area contributed by atoms with E-state index >= 15 is 0 Å². The van der Waals surface area contributed by atoms with Crippen LogP contribution >= 0.6 is 11.6 Å². The Bertz CT molecular complexity index is 873. The van der Waals surface area contributed by atoms with Crippen LogP contribution in [0.2, 0.25) is 5.02 Å². The standard InChI is InChI=1S/C18H16ClF2N3O2/c1-18(16(21)9-26-17(22)24-18)12-6-10(2-4-13(12)20)7-15(25)14-5-3-11(19)8-23-14/h2-6,8,16H,7,9H2,1H3,(H2,22,24)/t16-,18-/m1/s1. The highest BCUT2D eigenvalue weighted by atomic mass is 35.5. The van der Waals surface area contributed by atoms with Crippen LogP contribution in [0.25, 0.3) is 0 Å². The number of aliphatic imine (C=N–C) groups is 1. The largest absolute Gasteiger partial charge is 0.462 e. The van der Waals surface area contributed by atoms with Crippen LogP contribution in [0.1, 0.15) is 28.5 Å². The van der Waals surface area contributed by atoms with Gasteiger partial charge in [-0.3, -0.25) is 9.78 Å². The molecule has 2 aromatic rings. The van der Waals surface area contributed by atoms with Gasteiger partial charge in [-0.25, -0.2) is 13.8 Å². The first kappa shape index (κ1) is 18.3. The summed E-state index contributed by atoms with van der Waals surface area (Å²) in [5.74, 6) is -0.898. The Morgan fingerprint density at radius 1 is 1.42 bits per heavy atom. The van der Waals surface area contributed by atoms with Gasteiger partial charge in [-0.1, -0.05) is 17.7 Å². The minimum absolute atomic E-state index is 0.0191. The predicted molar refractivity (Wildman–Crippen MR) is 93.5 cm³/mol. The van der Waals surface area contributed by atoms with E-state index in [1.165, 1.54) is 37.4 Å². The van der Waals surface area contributed by atoms with Crippen LogP contribution in [0.5, 0.6) is 0 Å². The lowest BCUT2D eigenvalue weighted by Gasteiger charge is -2.33. The molecule has 2 N–H and O–H groups in total. The Balaban J connectivity index is 1.92. The first-order chi connectivity index (χ1) is 12.3. The topological polar surface area (TPSA) is 77.6 Å². The zero-order chi connectivity index (χ0) is 18.9. The molecular formula is C18H16ClF2N3O2. The normalized spacial score (nSPS) is 22.5. The fourth-order valence-electron chi connectivity index (χ4n) is 2.77. The zero-order valence-corrected chi connectivity index (χ0v) is 14.6. The summed E-state index contributed by atoms with van der Waals surface area (Å²) in [7, 11) is 0. The molecule has 0 spiro atoms. The van der Waals surface area contributed by atoms with E-state index in [0.717, 1.165) is 0 Å². The highest BCUT2D eigenvalue weighted by molar-refractivity contribution is 6.30. The van der Waals surface area contributed by atoms with Crippen LogP contribution in [0.3, 0.4) is 0 Å². The number of amidine groups is 1. The summed E-state index contributed by atoms with van der Waals surface area (Å²) in [5, 5.41) is 0.419. The van der Waals surface area contributed by atoms with Crippen LogP contribution < -0.4 is 5.73 Å². The first-order valence-corrected chi connectivity index (χ1v) is 8.23. The molecule has 26 heavy (non-hydrogen) atoms. The second kappa shape index (κ2) is 6.99.